The number of hydrogen-bond donors (Lipinski definition) is 0. The molecule has 0 aliphatic heterocycles. The minimum atomic E-state index is -0.555. The average molecular weight is 272 g/mol. The number of methoxy groups -OCH3 is 2. The van der Waals surface area contributed by atoms with Gasteiger partial charge in [-0.3, -0.25) is 9.59 Å². The Kier molecular flexibility index (Phi) is 6.52. The Balaban J connectivity index is 2.66. The SMILES string of the molecule is C=C1CCC(C(=O)OCOC)C(C(=O)OCOC)C1. The van der Waals surface area contributed by atoms with Gasteiger partial charge in [0.25, 0.3) is 0 Å². The Morgan fingerprint density at radius 2 is 1.63 bits per heavy atom. The maximum absolute atomic E-state index is 11.9. The molecule has 108 valence electrons. The lowest BCUT2D eigenvalue weighted by molar-refractivity contribution is -0.172. The predicted octanol–water partition coefficient (Wildman–Crippen LogP) is 1.25. The smallest absolute Gasteiger partial charge is 0.312 e. The molecular formula is C13H20O6. The highest BCUT2D eigenvalue weighted by molar-refractivity contribution is 5.82. The molecule has 6 heteroatoms. The summed E-state index contributed by atoms with van der Waals surface area (Å²) in [6.07, 6.45) is 1.68. The quantitative estimate of drug-likeness (QED) is 0.412. The summed E-state index contributed by atoms with van der Waals surface area (Å²) in [5, 5.41) is 0. The van der Waals surface area contributed by atoms with Crippen molar-refractivity contribution in [3.05, 3.63) is 12.2 Å². The standard InChI is InChI=1S/C13H20O6/c1-9-4-5-10(12(14)18-7-16-2)11(6-9)13(15)19-8-17-3/h10-11H,1,4-8H2,2-3H3. The molecule has 0 spiro atoms. The van der Waals surface area contributed by atoms with Crippen LogP contribution in [0.25, 0.3) is 0 Å². The third-order valence-electron chi connectivity index (χ3n) is 3.05. The summed E-state index contributed by atoms with van der Waals surface area (Å²) < 4.78 is 19.2. The fraction of sp³-hybridized carbons (Fsp3) is 0.692. The van der Waals surface area contributed by atoms with Gasteiger partial charge in [-0.25, -0.2) is 0 Å². The maximum atomic E-state index is 11.9. The largest absolute Gasteiger partial charge is 0.438 e. The molecule has 0 heterocycles. The monoisotopic (exact) mass is 272 g/mol. The van der Waals surface area contributed by atoms with Crippen molar-refractivity contribution in [3.8, 4) is 0 Å². The molecule has 2 atom stereocenters. The zero-order chi connectivity index (χ0) is 14.3. The summed E-state index contributed by atoms with van der Waals surface area (Å²) in [5.74, 6) is -1.96. The van der Waals surface area contributed by atoms with Gasteiger partial charge in [-0.2, -0.15) is 0 Å². The predicted molar refractivity (Wildman–Crippen MR) is 65.9 cm³/mol. The van der Waals surface area contributed by atoms with Crippen LogP contribution in [0.1, 0.15) is 19.3 Å². The number of esters is 2. The molecule has 0 radical (unpaired) electrons. The van der Waals surface area contributed by atoms with Gasteiger partial charge in [-0.1, -0.05) is 12.2 Å². The summed E-state index contributed by atoms with van der Waals surface area (Å²) in [4.78, 5) is 23.8. The maximum Gasteiger partial charge on any atom is 0.312 e. The van der Waals surface area contributed by atoms with Crippen molar-refractivity contribution < 1.29 is 28.5 Å². The summed E-state index contributed by atoms with van der Waals surface area (Å²) >= 11 is 0. The van der Waals surface area contributed by atoms with Crippen molar-refractivity contribution in [1.29, 1.82) is 0 Å². The Labute approximate surface area is 112 Å². The van der Waals surface area contributed by atoms with E-state index in [4.69, 9.17) is 9.47 Å². The third kappa shape index (κ3) is 4.65. The molecule has 0 aromatic rings. The molecule has 0 saturated heterocycles. The van der Waals surface area contributed by atoms with Crippen molar-refractivity contribution in [1.82, 2.24) is 0 Å². The molecule has 1 rings (SSSR count). The molecule has 0 N–H and O–H groups in total. The number of hydrogen-bond acceptors (Lipinski definition) is 6. The second kappa shape index (κ2) is 7.91. The first-order valence-electron chi connectivity index (χ1n) is 6.08. The third-order valence-corrected chi connectivity index (χ3v) is 3.05. The Morgan fingerprint density at radius 3 is 2.16 bits per heavy atom. The molecule has 1 fully saturated rings. The summed E-state index contributed by atoms with van der Waals surface area (Å²) in [5.41, 5.74) is 0.940. The molecule has 1 saturated carbocycles. The molecule has 6 nitrogen and oxygen atoms in total. The first-order chi connectivity index (χ1) is 9.10. The van der Waals surface area contributed by atoms with Crippen LogP contribution in [0.3, 0.4) is 0 Å². The van der Waals surface area contributed by atoms with Crippen LogP contribution in [0.5, 0.6) is 0 Å². The molecule has 2 unspecified atom stereocenters. The molecule has 0 amide bonds. The summed E-state index contributed by atoms with van der Waals surface area (Å²) in [6.45, 7) is 3.63. The van der Waals surface area contributed by atoms with Crippen molar-refractivity contribution in [2.45, 2.75) is 19.3 Å². The molecular weight excluding hydrogens is 252 g/mol. The van der Waals surface area contributed by atoms with Crippen LogP contribution in [0.4, 0.5) is 0 Å². The minimum Gasteiger partial charge on any atom is -0.438 e. The Bertz CT molecular complexity index is 338. The number of allylic oxidation sites excluding steroid dienone is 1. The zero-order valence-corrected chi connectivity index (χ0v) is 11.3. The van der Waals surface area contributed by atoms with Gasteiger partial charge in [-0.15, -0.1) is 0 Å². The Morgan fingerprint density at radius 1 is 1.11 bits per heavy atom. The molecule has 1 aliphatic carbocycles. The fourth-order valence-corrected chi connectivity index (χ4v) is 2.09. The number of ether oxygens (including phenoxy) is 4. The summed E-state index contributed by atoms with van der Waals surface area (Å²) in [6, 6.07) is 0. The lowest BCUT2D eigenvalue weighted by Gasteiger charge is -2.29. The van der Waals surface area contributed by atoms with E-state index in [0.29, 0.717) is 19.3 Å². The second-order valence-electron chi connectivity index (χ2n) is 4.45. The topological polar surface area (TPSA) is 71.1 Å². The van der Waals surface area contributed by atoms with E-state index in [0.717, 1.165) is 5.57 Å². The van der Waals surface area contributed by atoms with E-state index < -0.39 is 23.8 Å². The van der Waals surface area contributed by atoms with Crippen LogP contribution in [0, 0.1) is 11.8 Å². The van der Waals surface area contributed by atoms with Gasteiger partial charge in [0.2, 0.25) is 0 Å². The molecule has 0 aromatic carbocycles. The van der Waals surface area contributed by atoms with Crippen LogP contribution >= 0.6 is 0 Å². The van der Waals surface area contributed by atoms with Crippen LogP contribution in [-0.4, -0.2) is 39.7 Å². The van der Waals surface area contributed by atoms with E-state index in [9.17, 15) is 9.59 Å². The van der Waals surface area contributed by atoms with Crippen LogP contribution in [0.15, 0.2) is 12.2 Å². The van der Waals surface area contributed by atoms with Crippen molar-refractivity contribution >= 4 is 11.9 Å². The first kappa shape index (κ1) is 15.7. The first-order valence-corrected chi connectivity index (χ1v) is 6.08. The molecule has 1 aliphatic rings. The molecule has 0 bridgehead atoms. The van der Waals surface area contributed by atoms with E-state index in [1.165, 1.54) is 14.2 Å². The summed E-state index contributed by atoms with van der Waals surface area (Å²) in [7, 11) is 2.86. The van der Waals surface area contributed by atoms with Gasteiger partial charge in [0.05, 0.1) is 11.8 Å². The highest BCUT2D eigenvalue weighted by Crippen LogP contribution is 2.34. The van der Waals surface area contributed by atoms with E-state index in [-0.39, 0.29) is 13.6 Å². The van der Waals surface area contributed by atoms with Crippen molar-refractivity contribution in [3.63, 3.8) is 0 Å². The second-order valence-corrected chi connectivity index (χ2v) is 4.45. The highest BCUT2D eigenvalue weighted by atomic mass is 16.7. The molecule has 0 aromatic heterocycles. The lowest BCUT2D eigenvalue weighted by atomic mass is 9.77. The molecule has 19 heavy (non-hydrogen) atoms. The van der Waals surface area contributed by atoms with Gasteiger partial charge in [0.15, 0.2) is 13.6 Å². The van der Waals surface area contributed by atoms with E-state index in [1.807, 2.05) is 0 Å². The van der Waals surface area contributed by atoms with Gasteiger partial charge < -0.3 is 18.9 Å². The van der Waals surface area contributed by atoms with Crippen molar-refractivity contribution in [2.24, 2.45) is 11.8 Å². The average Bonchev–Trinajstić information content (AvgIpc) is 2.41. The van der Waals surface area contributed by atoms with E-state index in [2.05, 4.69) is 16.1 Å². The van der Waals surface area contributed by atoms with Gasteiger partial charge in [0, 0.05) is 14.2 Å². The van der Waals surface area contributed by atoms with Gasteiger partial charge >= 0.3 is 11.9 Å². The Hall–Kier alpha value is -1.40. The minimum absolute atomic E-state index is 0.115. The van der Waals surface area contributed by atoms with E-state index in [1.54, 1.807) is 0 Å². The van der Waals surface area contributed by atoms with Crippen LogP contribution < -0.4 is 0 Å². The highest BCUT2D eigenvalue weighted by Gasteiger charge is 2.39. The lowest BCUT2D eigenvalue weighted by Crippen LogP contribution is -2.36. The van der Waals surface area contributed by atoms with Crippen molar-refractivity contribution in [2.75, 3.05) is 27.8 Å². The van der Waals surface area contributed by atoms with Crippen LogP contribution in [-0.2, 0) is 28.5 Å². The normalized spacial score (nSPS) is 22.9. The fourth-order valence-electron chi connectivity index (χ4n) is 2.09. The van der Waals surface area contributed by atoms with Gasteiger partial charge in [0.1, 0.15) is 0 Å². The zero-order valence-electron chi connectivity index (χ0n) is 11.3. The number of carbonyl (C=O) groups excluding carboxylic acids is 2. The van der Waals surface area contributed by atoms with Gasteiger partial charge in [-0.05, 0) is 19.3 Å². The van der Waals surface area contributed by atoms with Crippen LogP contribution in [0.2, 0.25) is 0 Å². The number of carbonyl (C=O) groups is 2. The number of rotatable bonds is 6. The van der Waals surface area contributed by atoms with E-state index >= 15 is 0 Å².